The molecule has 0 aliphatic heterocycles. The second-order valence-electron chi connectivity index (χ2n) is 10.5. The van der Waals surface area contributed by atoms with Gasteiger partial charge in [0, 0.05) is 18.6 Å². The van der Waals surface area contributed by atoms with Crippen molar-refractivity contribution in [1.82, 2.24) is 0 Å². The molecule has 0 saturated carbocycles. The Bertz CT molecular complexity index is 1210. The van der Waals surface area contributed by atoms with Crippen LogP contribution in [-0.4, -0.2) is 29.4 Å². The van der Waals surface area contributed by atoms with E-state index in [1.54, 1.807) is 12.1 Å². The molecular formula is C30H34O4. The molecule has 0 radical (unpaired) electrons. The van der Waals surface area contributed by atoms with Crippen molar-refractivity contribution in [2.75, 3.05) is 13.2 Å². The molecule has 1 aliphatic rings. The Morgan fingerprint density at radius 1 is 0.853 bits per heavy atom. The van der Waals surface area contributed by atoms with Crippen LogP contribution in [0.2, 0.25) is 0 Å². The number of aromatic carboxylic acids is 1. The number of fused-ring (bicyclic) bond motifs is 1. The Labute approximate surface area is 202 Å². The molecule has 0 amide bonds. The van der Waals surface area contributed by atoms with Crippen LogP contribution >= 0.6 is 0 Å². The summed E-state index contributed by atoms with van der Waals surface area (Å²) in [6, 6.07) is 19.6. The van der Waals surface area contributed by atoms with Gasteiger partial charge in [0.1, 0.15) is 5.75 Å². The van der Waals surface area contributed by atoms with Gasteiger partial charge in [-0.3, -0.25) is 0 Å². The number of carbonyl (C=O) groups is 1. The number of rotatable bonds is 7. The maximum atomic E-state index is 11.8. The maximum Gasteiger partial charge on any atom is 0.336 e. The zero-order chi connectivity index (χ0) is 24.5. The number of benzene rings is 3. The van der Waals surface area contributed by atoms with E-state index in [4.69, 9.17) is 4.74 Å². The lowest BCUT2D eigenvalue weighted by atomic mass is 9.63. The number of aliphatic hydroxyl groups excluding tert-OH is 1. The van der Waals surface area contributed by atoms with E-state index >= 15 is 0 Å². The number of ether oxygens (including phenoxy) is 1. The summed E-state index contributed by atoms with van der Waals surface area (Å²) in [6.07, 6.45) is 2.83. The largest absolute Gasteiger partial charge is 0.493 e. The lowest BCUT2D eigenvalue weighted by Crippen LogP contribution is -2.33. The normalized spacial score (nSPS) is 16.0. The van der Waals surface area contributed by atoms with Gasteiger partial charge in [0.2, 0.25) is 0 Å². The summed E-state index contributed by atoms with van der Waals surface area (Å²) < 4.78 is 6.06. The lowest BCUT2D eigenvalue weighted by Gasteiger charge is -2.42. The number of hydrogen-bond acceptors (Lipinski definition) is 3. The van der Waals surface area contributed by atoms with E-state index in [0.29, 0.717) is 18.6 Å². The molecule has 0 unspecified atom stereocenters. The molecule has 1 aliphatic carbocycles. The third-order valence-electron chi connectivity index (χ3n) is 7.17. The minimum Gasteiger partial charge on any atom is -0.493 e. The van der Waals surface area contributed by atoms with Crippen LogP contribution in [-0.2, 0) is 10.8 Å². The zero-order valence-corrected chi connectivity index (χ0v) is 20.5. The maximum absolute atomic E-state index is 11.8. The van der Waals surface area contributed by atoms with Crippen molar-refractivity contribution in [2.24, 2.45) is 0 Å². The van der Waals surface area contributed by atoms with Gasteiger partial charge in [0.05, 0.1) is 12.2 Å². The molecule has 0 spiro atoms. The molecule has 2 N–H and O–H groups in total. The lowest BCUT2D eigenvalue weighted by molar-refractivity contribution is 0.0697. The highest BCUT2D eigenvalue weighted by Crippen LogP contribution is 2.47. The molecule has 34 heavy (non-hydrogen) atoms. The molecule has 0 saturated heterocycles. The van der Waals surface area contributed by atoms with E-state index in [2.05, 4.69) is 45.9 Å². The highest BCUT2D eigenvalue weighted by Gasteiger charge is 2.37. The molecule has 0 bridgehead atoms. The quantitative estimate of drug-likeness (QED) is 0.381. The molecule has 4 heteroatoms. The average Bonchev–Trinajstić information content (AvgIpc) is 2.82. The summed E-state index contributed by atoms with van der Waals surface area (Å²) in [5.41, 5.74) is 6.73. The monoisotopic (exact) mass is 458 g/mol. The first kappa shape index (κ1) is 24.0. The van der Waals surface area contributed by atoms with E-state index in [1.165, 1.54) is 11.1 Å². The summed E-state index contributed by atoms with van der Waals surface area (Å²) in [6.45, 7) is 9.73. The van der Waals surface area contributed by atoms with Crippen LogP contribution in [0.4, 0.5) is 0 Å². The Balaban J connectivity index is 1.88. The van der Waals surface area contributed by atoms with Crippen LogP contribution in [0.1, 0.15) is 68.4 Å². The van der Waals surface area contributed by atoms with E-state index in [1.807, 2.05) is 30.3 Å². The van der Waals surface area contributed by atoms with Crippen molar-refractivity contribution in [3.8, 4) is 28.0 Å². The molecule has 0 fully saturated rings. The van der Waals surface area contributed by atoms with Crippen molar-refractivity contribution in [3.63, 3.8) is 0 Å². The number of hydrogen-bond donors (Lipinski definition) is 2. The van der Waals surface area contributed by atoms with Crippen molar-refractivity contribution in [3.05, 3.63) is 77.4 Å². The van der Waals surface area contributed by atoms with Crippen LogP contribution in [0.15, 0.2) is 60.7 Å². The Kier molecular flexibility index (Phi) is 6.55. The standard InChI is InChI=1S/C30H34O4/c1-29(2)14-15-30(3,4)26-19-21(10-12-25(26)29)24-18-20(11-13-27(24)34-17-7-16-31)22-8-5-6-9-23(22)28(32)33/h5-6,8-13,18-19,31H,7,14-17H2,1-4H3,(H,32,33). The van der Waals surface area contributed by atoms with Crippen molar-refractivity contribution >= 4 is 5.97 Å². The molecule has 0 aromatic heterocycles. The molecular weight excluding hydrogens is 424 g/mol. The van der Waals surface area contributed by atoms with E-state index in [-0.39, 0.29) is 23.0 Å². The van der Waals surface area contributed by atoms with E-state index in [9.17, 15) is 15.0 Å². The SMILES string of the molecule is CC1(C)CCC(C)(C)c2cc(-c3cc(-c4ccccc4C(=O)O)ccc3OCCCO)ccc21. The minimum absolute atomic E-state index is 0.0710. The van der Waals surface area contributed by atoms with Gasteiger partial charge in [-0.15, -0.1) is 0 Å². The Hall–Kier alpha value is -3.11. The van der Waals surface area contributed by atoms with Gasteiger partial charge in [-0.2, -0.15) is 0 Å². The van der Waals surface area contributed by atoms with Gasteiger partial charge in [0.25, 0.3) is 0 Å². The first-order chi connectivity index (χ1) is 16.1. The summed E-state index contributed by atoms with van der Waals surface area (Å²) in [5.74, 6) is -0.212. The van der Waals surface area contributed by atoms with E-state index in [0.717, 1.165) is 35.3 Å². The van der Waals surface area contributed by atoms with Gasteiger partial charge in [-0.25, -0.2) is 4.79 Å². The van der Waals surface area contributed by atoms with Gasteiger partial charge in [0.15, 0.2) is 0 Å². The van der Waals surface area contributed by atoms with E-state index < -0.39 is 5.97 Å². The first-order valence-corrected chi connectivity index (χ1v) is 12.0. The summed E-state index contributed by atoms with van der Waals surface area (Å²) >= 11 is 0. The predicted octanol–water partition coefficient (Wildman–Crippen LogP) is 6.83. The first-order valence-electron chi connectivity index (χ1n) is 12.0. The van der Waals surface area contributed by atoms with Crippen molar-refractivity contribution in [2.45, 2.75) is 57.8 Å². The number of carboxylic acid groups (broad SMARTS) is 1. The minimum atomic E-state index is -0.946. The van der Waals surface area contributed by atoms with Gasteiger partial charge < -0.3 is 14.9 Å². The molecule has 0 atom stereocenters. The molecule has 0 heterocycles. The molecule has 3 aromatic carbocycles. The molecule has 4 nitrogen and oxygen atoms in total. The third kappa shape index (κ3) is 4.60. The number of aliphatic hydroxyl groups is 1. The van der Waals surface area contributed by atoms with Gasteiger partial charge in [-0.05, 0) is 69.7 Å². The average molecular weight is 459 g/mol. The highest BCUT2D eigenvalue weighted by molar-refractivity contribution is 5.96. The smallest absolute Gasteiger partial charge is 0.336 e. The molecule has 3 aromatic rings. The number of carboxylic acids is 1. The fraction of sp³-hybridized carbons (Fsp3) is 0.367. The van der Waals surface area contributed by atoms with Crippen LogP contribution in [0.25, 0.3) is 22.3 Å². The summed E-state index contributed by atoms with van der Waals surface area (Å²) in [4.78, 5) is 11.8. The van der Waals surface area contributed by atoms with Gasteiger partial charge in [-0.1, -0.05) is 70.2 Å². The topological polar surface area (TPSA) is 66.8 Å². The highest BCUT2D eigenvalue weighted by atomic mass is 16.5. The fourth-order valence-electron chi connectivity index (χ4n) is 4.97. The summed E-state index contributed by atoms with van der Waals surface area (Å²) in [7, 11) is 0. The second-order valence-corrected chi connectivity index (χ2v) is 10.5. The second kappa shape index (κ2) is 9.27. The van der Waals surface area contributed by atoms with Crippen molar-refractivity contribution < 1.29 is 19.7 Å². The van der Waals surface area contributed by atoms with Crippen LogP contribution in [0, 0.1) is 0 Å². The van der Waals surface area contributed by atoms with Crippen LogP contribution < -0.4 is 4.74 Å². The zero-order valence-electron chi connectivity index (χ0n) is 20.5. The van der Waals surface area contributed by atoms with Gasteiger partial charge >= 0.3 is 5.97 Å². The Morgan fingerprint density at radius 3 is 2.21 bits per heavy atom. The molecule has 4 rings (SSSR count). The Morgan fingerprint density at radius 2 is 1.50 bits per heavy atom. The van der Waals surface area contributed by atoms with Crippen LogP contribution in [0.3, 0.4) is 0 Å². The predicted molar refractivity (Wildman–Crippen MR) is 137 cm³/mol. The summed E-state index contributed by atoms with van der Waals surface area (Å²) in [5, 5.41) is 18.9. The molecule has 178 valence electrons. The van der Waals surface area contributed by atoms with Crippen LogP contribution in [0.5, 0.6) is 5.75 Å². The third-order valence-corrected chi connectivity index (χ3v) is 7.17. The fourth-order valence-corrected chi connectivity index (χ4v) is 4.97. The van der Waals surface area contributed by atoms with Crippen molar-refractivity contribution in [1.29, 1.82) is 0 Å².